The van der Waals surface area contributed by atoms with Crippen molar-refractivity contribution in [3.05, 3.63) is 206 Å². The minimum Gasteiger partial charge on any atom is -0.309 e. The zero-order chi connectivity index (χ0) is 41.9. The van der Waals surface area contributed by atoms with Crippen LogP contribution < -0.4 is 0 Å². The number of thiophene rings is 1. The van der Waals surface area contributed by atoms with Gasteiger partial charge in [-0.05, 0) is 66.7 Å². The van der Waals surface area contributed by atoms with Crippen LogP contribution in [0.15, 0.2) is 206 Å². The standard InChI is InChI=1S/C57H34N6S/c1-2-16-35(17-3-1)55-58-56(36-30-31-53-44(32-36)42-22-9-15-29-52(42)64-53)60-57(59-55)63-49-28-14-8-23-43(49)54-50(62-47-26-12-6-20-40(47)41-21-7-13-27-48(41)62)33-37(34-51(54)63)61-45-24-10-4-18-38(45)39-19-5-11-25-46(39)61/h1-34H. The Bertz CT molecular complexity index is 4100. The van der Waals surface area contributed by atoms with Crippen molar-refractivity contribution in [3.63, 3.8) is 0 Å². The summed E-state index contributed by atoms with van der Waals surface area (Å²) in [5, 5.41) is 9.50. The first-order valence-electron chi connectivity index (χ1n) is 21.5. The molecule has 64 heavy (non-hydrogen) atoms. The van der Waals surface area contributed by atoms with Crippen LogP contribution in [0.25, 0.3) is 126 Å². The molecule has 5 aromatic heterocycles. The molecule has 0 bridgehead atoms. The molecule has 0 fully saturated rings. The van der Waals surface area contributed by atoms with Crippen LogP contribution in [0.5, 0.6) is 0 Å². The number of nitrogens with zero attached hydrogens (tertiary/aromatic N) is 6. The van der Waals surface area contributed by atoms with E-state index in [2.05, 4.69) is 202 Å². The summed E-state index contributed by atoms with van der Waals surface area (Å²) in [7, 11) is 0. The molecular weight excluding hydrogens is 801 g/mol. The van der Waals surface area contributed by atoms with Gasteiger partial charge in [0.25, 0.3) is 0 Å². The van der Waals surface area contributed by atoms with E-state index in [0.717, 1.165) is 66.4 Å². The Balaban J connectivity index is 1.13. The fourth-order valence-corrected chi connectivity index (χ4v) is 11.2. The van der Waals surface area contributed by atoms with Crippen LogP contribution >= 0.6 is 11.3 Å². The Kier molecular flexibility index (Phi) is 7.46. The SMILES string of the molecule is c1ccc(-c2nc(-c3ccc4sc5ccccc5c4c3)nc(-n3c4ccccc4c4c(-n5c6ccccc6c6ccccc65)cc(-n5c6ccccc6c6ccccc65)cc43)n2)cc1. The van der Waals surface area contributed by atoms with Gasteiger partial charge in [0.1, 0.15) is 0 Å². The Morgan fingerprint density at radius 2 is 0.797 bits per heavy atom. The number of hydrogen-bond acceptors (Lipinski definition) is 4. The highest BCUT2D eigenvalue weighted by atomic mass is 32.1. The lowest BCUT2D eigenvalue weighted by atomic mass is 10.1. The molecule has 0 aliphatic carbocycles. The Labute approximate surface area is 370 Å². The average Bonchev–Trinajstić information content (AvgIpc) is 4.10. The molecule has 5 heterocycles. The fraction of sp³-hybridized carbons (Fsp3) is 0. The predicted octanol–water partition coefficient (Wildman–Crippen LogP) is 14.9. The van der Waals surface area contributed by atoms with Gasteiger partial charge in [0.15, 0.2) is 11.6 Å². The van der Waals surface area contributed by atoms with Gasteiger partial charge in [-0.2, -0.15) is 9.97 Å². The minimum atomic E-state index is 0.554. The van der Waals surface area contributed by atoms with Gasteiger partial charge in [0.05, 0.1) is 44.5 Å². The second kappa shape index (κ2) is 13.6. The summed E-state index contributed by atoms with van der Waals surface area (Å²) in [5.41, 5.74) is 10.6. The molecule has 14 aromatic rings. The van der Waals surface area contributed by atoms with E-state index in [4.69, 9.17) is 15.0 Å². The Morgan fingerprint density at radius 1 is 0.312 bits per heavy atom. The number of benzene rings is 9. The van der Waals surface area contributed by atoms with Crippen molar-refractivity contribution in [2.75, 3.05) is 0 Å². The van der Waals surface area contributed by atoms with Gasteiger partial charge in [-0.1, -0.05) is 140 Å². The van der Waals surface area contributed by atoms with Gasteiger partial charge in [-0.3, -0.25) is 4.57 Å². The molecule has 7 heteroatoms. The third-order valence-corrected chi connectivity index (χ3v) is 14.0. The zero-order valence-electron chi connectivity index (χ0n) is 34.2. The van der Waals surface area contributed by atoms with Crippen molar-refractivity contribution in [2.45, 2.75) is 0 Å². The second-order valence-electron chi connectivity index (χ2n) is 16.4. The summed E-state index contributed by atoms with van der Waals surface area (Å²) in [6, 6.07) is 73.8. The van der Waals surface area contributed by atoms with Gasteiger partial charge < -0.3 is 9.13 Å². The molecule has 14 rings (SSSR count). The monoisotopic (exact) mass is 834 g/mol. The van der Waals surface area contributed by atoms with Crippen LogP contribution in [0.2, 0.25) is 0 Å². The van der Waals surface area contributed by atoms with Gasteiger partial charge >= 0.3 is 0 Å². The molecule has 0 radical (unpaired) electrons. The average molecular weight is 835 g/mol. The van der Waals surface area contributed by atoms with Crippen LogP contribution in [-0.2, 0) is 0 Å². The number of aromatic nitrogens is 6. The van der Waals surface area contributed by atoms with E-state index in [9.17, 15) is 0 Å². The van der Waals surface area contributed by atoms with E-state index in [1.807, 2.05) is 29.5 Å². The highest BCUT2D eigenvalue weighted by Crippen LogP contribution is 2.43. The Morgan fingerprint density at radius 3 is 1.42 bits per heavy atom. The molecule has 0 N–H and O–H groups in total. The minimum absolute atomic E-state index is 0.554. The molecule has 6 nitrogen and oxygen atoms in total. The van der Waals surface area contributed by atoms with Crippen molar-refractivity contribution in [1.82, 2.24) is 28.7 Å². The number of hydrogen-bond donors (Lipinski definition) is 0. The number of fused-ring (bicyclic) bond motifs is 12. The van der Waals surface area contributed by atoms with E-state index >= 15 is 0 Å². The fourth-order valence-electron chi connectivity index (χ4n) is 10.1. The molecule has 9 aromatic carbocycles. The molecule has 0 spiro atoms. The van der Waals surface area contributed by atoms with Crippen LogP contribution in [-0.4, -0.2) is 28.7 Å². The van der Waals surface area contributed by atoms with Gasteiger partial charge in [0.2, 0.25) is 5.95 Å². The van der Waals surface area contributed by atoms with Crippen molar-refractivity contribution in [1.29, 1.82) is 0 Å². The smallest absolute Gasteiger partial charge is 0.238 e. The molecule has 0 saturated heterocycles. The van der Waals surface area contributed by atoms with Crippen molar-refractivity contribution in [2.24, 2.45) is 0 Å². The lowest BCUT2D eigenvalue weighted by molar-refractivity contribution is 0.953. The predicted molar refractivity (Wildman–Crippen MR) is 267 cm³/mol. The molecule has 0 saturated carbocycles. The van der Waals surface area contributed by atoms with Crippen LogP contribution in [0.4, 0.5) is 0 Å². The first kappa shape index (κ1) is 35.2. The van der Waals surface area contributed by atoms with E-state index < -0.39 is 0 Å². The molecule has 0 unspecified atom stereocenters. The van der Waals surface area contributed by atoms with E-state index in [-0.39, 0.29) is 0 Å². The summed E-state index contributed by atoms with van der Waals surface area (Å²) in [5.74, 6) is 1.79. The lowest BCUT2D eigenvalue weighted by Gasteiger charge is -2.16. The molecule has 0 amide bonds. The zero-order valence-corrected chi connectivity index (χ0v) is 35.0. The molecule has 0 aliphatic heterocycles. The highest BCUT2D eigenvalue weighted by Gasteiger charge is 2.25. The number of para-hydroxylation sites is 5. The van der Waals surface area contributed by atoms with Crippen molar-refractivity contribution < 1.29 is 0 Å². The lowest BCUT2D eigenvalue weighted by Crippen LogP contribution is -2.07. The summed E-state index contributed by atoms with van der Waals surface area (Å²) in [6.45, 7) is 0. The summed E-state index contributed by atoms with van der Waals surface area (Å²) in [6.07, 6.45) is 0. The molecule has 298 valence electrons. The third-order valence-electron chi connectivity index (χ3n) is 12.9. The quantitative estimate of drug-likeness (QED) is 0.174. The van der Waals surface area contributed by atoms with E-state index in [1.54, 1.807) is 0 Å². The molecule has 0 atom stereocenters. The van der Waals surface area contributed by atoms with Crippen LogP contribution in [0.3, 0.4) is 0 Å². The second-order valence-corrected chi connectivity index (χ2v) is 17.5. The maximum absolute atomic E-state index is 5.46. The van der Waals surface area contributed by atoms with Crippen LogP contribution in [0, 0.1) is 0 Å². The highest BCUT2D eigenvalue weighted by molar-refractivity contribution is 7.25. The van der Waals surface area contributed by atoms with Gasteiger partial charge in [-0.25, -0.2) is 4.98 Å². The maximum Gasteiger partial charge on any atom is 0.238 e. The van der Waals surface area contributed by atoms with Crippen LogP contribution in [0.1, 0.15) is 0 Å². The van der Waals surface area contributed by atoms with Gasteiger partial charge in [0, 0.05) is 63.6 Å². The molecule has 0 aliphatic rings. The summed E-state index contributed by atoms with van der Waals surface area (Å²) < 4.78 is 9.63. The Hall–Kier alpha value is -8.39. The summed E-state index contributed by atoms with van der Waals surface area (Å²) >= 11 is 1.81. The first-order chi connectivity index (χ1) is 31.7. The maximum atomic E-state index is 5.46. The largest absolute Gasteiger partial charge is 0.309 e. The summed E-state index contributed by atoms with van der Waals surface area (Å²) in [4.78, 5) is 16.1. The van der Waals surface area contributed by atoms with Crippen molar-refractivity contribution in [3.8, 4) is 40.1 Å². The van der Waals surface area contributed by atoms with Crippen molar-refractivity contribution >= 4 is 96.9 Å². The van der Waals surface area contributed by atoms with Gasteiger partial charge in [-0.15, -0.1) is 11.3 Å². The third kappa shape index (κ3) is 5.10. The number of rotatable bonds is 5. The topological polar surface area (TPSA) is 53.5 Å². The first-order valence-corrected chi connectivity index (χ1v) is 22.3. The van der Waals surface area contributed by atoms with E-state index in [0.29, 0.717) is 17.6 Å². The normalized spacial score (nSPS) is 12.1. The van der Waals surface area contributed by atoms with E-state index in [1.165, 1.54) is 41.7 Å². The molecular formula is C57H34N6S.